The number of aromatic nitrogens is 2. The average molecular weight is 384 g/mol. The predicted molar refractivity (Wildman–Crippen MR) is 108 cm³/mol. The summed E-state index contributed by atoms with van der Waals surface area (Å²) >= 11 is 0. The quantitative estimate of drug-likeness (QED) is 0.814. The first-order chi connectivity index (χ1) is 13.4. The molecule has 1 aromatic heterocycles. The van der Waals surface area contributed by atoms with Crippen LogP contribution in [0.25, 0.3) is 11.4 Å². The molecular weight excluding hydrogens is 356 g/mol. The Bertz CT molecular complexity index is 837. The summed E-state index contributed by atoms with van der Waals surface area (Å²) in [7, 11) is 0. The zero-order valence-corrected chi connectivity index (χ0v) is 16.5. The van der Waals surface area contributed by atoms with Gasteiger partial charge in [-0.05, 0) is 31.9 Å². The first kappa shape index (κ1) is 19.1. The third-order valence-corrected chi connectivity index (χ3v) is 5.38. The smallest absolute Gasteiger partial charge is 0.161 e. The van der Waals surface area contributed by atoms with E-state index in [-0.39, 0.29) is 12.6 Å². The molecule has 1 atom stereocenters. The van der Waals surface area contributed by atoms with E-state index in [1.807, 2.05) is 44.3 Å². The first-order valence-electron chi connectivity index (χ1n) is 9.83. The Kier molecular flexibility index (Phi) is 5.23. The number of benzene rings is 1. The molecule has 0 radical (unpaired) electrons. The number of fused-ring (bicyclic) bond motifs is 3. The summed E-state index contributed by atoms with van der Waals surface area (Å²) in [6, 6.07) is 7.93. The standard InChI is InChI=1S/C21H28N4O3/c1-21(2,27)6-7-24-12-17-14-28-9-8-25(17)20-18(24)11-22-19(23-20)16-5-3-4-15(10-16)13-26/h3-5,10-11,17,26-27H,6-9,12-14H2,1-2H3. The van der Waals surface area contributed by atoms with Crippen LogP contribution in [-0.2, 0) is 11.3 Å². The van der Waals surface area contributed by atoms with E-state index in [1.165, 1.54) is 0 Å². The second-order valence-corrected chi connectivity index (χ2v) is 8.19. The highest BCUT2D eigenvalue weighted by molar-refractivity contribution is 5.72. The van der Waals surface area contributed by atoms with Crippen LogP contribution in [0.15, 0.2) is 30.5 Å². The van der Waals surface area contributed by atoms with Crippen molar-refractivity contribution in [3.63, 3.8) is 0 Å². The van der Waals surface area contributed by atoms with Crippen LogP contribution >= 0.6 is 0 Å². The summed E-state index contributed by atoms with van der Waals surface area (Å²) in [4.78, 5) is 14.1. The summed E-state index contributed by atoms with van der Waals surface area (Å²) in [6.07, 6.45) is 2.56. The van der Waals surface area contributed by atoms with Crippen LogP contribution in [0.2, 0.25) is 0 Å². The molecule has 150 valence electrons. The van der Waals surface area contributed by atoms with E-state index in [4.69, 9.17) is 9.72 Å². The Morgan fingerprint density at radius 1 is 1.32 bits per heavy atom. The van der Waals surface area contributed by atoms with Gasteiger partial charge in [-0.25, -0.2) is 9.97 Å². The molecule has 0 saturated carbocycles. The number of aliphatic hydroxyl groups excluding tert-OH is 1. The molecule has 2 aliphatic rings. The Morgan fingerprint density at radius 3 is 2.96 bits per heavy atom. The molecule has 4 rings (SSSR count). The molecule has 2 aromatic rings. The van der Waals surface area contributed by atoms with E-state index in [9.17, 15) is 10.2 Å². The molecule has 1 saturated heterocycles. The molecule has 28 heavy (non-hydrogen) atoms. The molecule has 7 nitrogen and oxygen atoms in total. The predicted octanol–water partition coefficient (Wildman–Crippen LogP) is 1.82. The highest BCUT2D eigenvalue weighted by Gasteiger charge is 2.35. The summed E-state index contributed by atoms with van der Waals surface area (Å²) in [5, 5.41) is 19.6. The second kappa shape index (κ2) is 7.66. The minimum atomic E-state index is -0.716. The maximum atomic E-state index is 10.2. The normalized spacial score (nSPS) is 19.4. The minimum absolute atomic E-state index is 0.00492. The Balaban J connectivity index is 1.70. The monoisotopic (exact) mass is 384 g/mol. The first-order valence-corrected chi connectivity index (χ1v) is 9.83. The van der Waals surface area contributed by atoms with Crippen molar-refractivity contribution in [2.75, 3.05) is 42.6 Å². The summed E-state index contributed by atoms with van der Waals surface area (Å²) in [6.45, 7) is 7.43. The molecule has 1 fully saturated rings. The third-order valence-electron chi connectivity index (χ3n) is 5.38. The van der Waals surface area contributed by atoms with E-state index in [1.54, 1.807) is 0 Å². The van der Waals surface area contributed by atoms with Crippen LogP contribution in [0.1, 0.15) is 25.8 Å². The fraction of sp³-hybridized carbons (Fsp3) is 0.524. The number of morpholine rings is 1. The highest BCUT2D eigenvalue weighted by atomic mass is 16.5. The van der Waals surface area contributed by atoms with Crippen molar-refractivity contribution >= 4 is 11.5 Å². The topological polar surface area (TPSA) is 82.0 Å². The molecule has 3 heterocycles. The van der Waals surface area contributed by atoms with E-state index in [2.05, 4.69) is 14.8 Å². The van der Waals surface area contributed by atoms with Gasteiger partial charge in [-0.3, -0.25) is 0 Å². The van der Waals surface area contributed by atoms with Crippen LogP contribution in [0, 0.1) is 0 Å². The minimum Gasteiger partial charge on any atom is -0.392 e. The van der Waals surface area contributed by atoms with Crippen molar-refractivity contribution in [1.82, 2.24) is 9.97 Å². The second-order valence-electron chi connectivity index (χ2n) is 8.19. The fourth-order valence-electron chi connectivity index (χ4n) is 3.81. The molecule has 1 aromatic carbocycles. The van der Waals surface area contributed by atoms with E-state index < -0.39 is 5.60 Å². The van der Waals surface area contributed by atoms with Crippen molar-refractivity contribution in [2.24, 2.45) is 0 Å². The third kappa shape index (κ3) is 3.97. The van der Waals surface area contributed by atoms with Crippen molar-refractivity contribution in [2.45, 2.75) is 38.5 Å². The number of rotatable bonds is 5. The molecular formula is C21H28N4O3. The van der Waals surface area contributed by atoms with Crippen LogP contribution < -0.4 is 9.80 Å². The van der Waals surface area contributed by atoms with Crippen LogP contribution in [-0.4, -0.2) is 64.7 Å². The van der Waals surface area contributed by atoms with E-state index in [0.29, 0.717) is 25.5 Å². The number of aliphatic hydroxyl groups is 2. The molecule has 7 heteroatoms. The number of hydrogen-bond acceptors (Lipinski definition) is 7. The molecule has 0 amide bonds. The number of anilines is 2. The number of ether oxygens (including phenoxy) is 1. The molecule has 2 aliphatic heterocycles. The maximum absolute atomic E-state index is 10.2. The van der Waals surface area contributed by atoms with Crippen LogP contribution in [0.4, 0.5) is 11.5 Å². The van der Waals surface area contributed by atoms with Gasteiger partial charge in [0.25, 0.3) is 0 Å². The lowest BCUT2D eigenvalue weighted by molar-refractivity contribution is 0.0713. The van der Waals surface area contributed by atoms with Gasteiger partial charge >= 0.3 is 0 Å². The van der Waals surface area contributed by atoms with Gasteiger partial charge in [0.1, 0.15) is 0 Å². The van der Waals surface area contributed by atoms with Gasteiger partial charge in [0.15, 0.2) is 11.6 Å². The van der Waals surface area contributed by atoms with Gasteiger partial charge in [-0.2, -0.15) is 0 Å². The van der Waals surface area contributed by atoms with Gasteiger partial charge < -0.3 is 24.7 Å². The van der Waals surface area contributed by atoms with E-state index >= 15 is 0 Å². The van der Waals surface area contributed by atoms with Gasteiger partial charge in [0.05, 0.1) is 43.3 Å². The highest BCUT2D eigenvalue weighted by Crippen LogP contribution is 2.36. The van der Waals surface area contributed by atoms with Crippen molar-refractivity contribution < 1.29 is 14.9 Å². The number of hydrogen-bond donors (Lipinski definition) is 2. The Hall–Kier alpha value is -2.22. The van der Waals surface area contributed by atoms with Crippen LogP contribution in [0.3, 0.4) is 0 Å². The average Bonchev–Trinajstić information content (AvgIpc) is 2.71. The van der Waals surface area contributed by atoms with E-state index in [0.717, 1.165) is 42.3 Å². The molecule has 0 spiro atoms. The number of nitrogens with zero attached hydrogens (tertiary/aromatic N) is 4. The lowest BCUT2D eigenvalue weighted by Crippen LogP contribution is -2.56. The molecule has 0 aliphatic carbocycles. The van der Waals surface area contributed by atoms with Gasteiger partial charge in [0, 0.05) is 25.2 Å². The van der Waals surface area contributed by atoms with Gasteiger partial charge in [-0.1, -0.05) is 18.2 Å². The van der Waals surface area contributed by atoms with Crippen molar-refractivity contribution in [3.05, 3.63) is 36.0 Å². The summed E-state index contributed by atoms with van der Waals surface area (Å²) in [5.74, 6) is 1.58. The zero-order valence-electron chi connectivity index (χ0n) is 16.5. The largest absolute Gasteiger partial charge is 0.392 e. The molecule has 1 unspecified atom stereocenters. The lowest BCUT2D eigenvalue weighted by Gasteiger charge is -2.46. The molecule has 2 N–H and O–H groups in total. The molecule has 0 bridgehead atoms. The summed E-state index contributed by atoms with van der Waals surface area (Å²) in [5.41, 5.74) is 2.03. The van der Waals surface area contributed by atoms with Crippen molar-refractivity contribution in [3.8, 4) is 11.4 Å². The van der Waals surface area contributed by atoms with Crippen LogP contribution in [0.5, 0.6) is 0 Å². The Morgan fingerprint density at radius 2 is 2.18 bits per heavy atom. The lowest BCUT2D eigenvalue weighted by atomic mass is 10.0. The van der Waals surface area contributed by atoms with Crippen molar-refractivity contribution in [1.29, 1.82) is 0 Å². The fourth-order valence-corrected chi connectivity index (χ4v) is 3.81. The van der Waals surface area contributed by atoms with Gasteiger partial charge in [-0.15, -0.1) is 0 Å². The Labute approximate surface area is 165 Å². The SMILES string of the molecule is CC(C)(O)CCN1CC2COCCN2c2nc(-c3cccc(CO)c3)ncc21. The summed E-state index contributed by atoms with van der Waals surface area (Å²) < 4.78 is 5.70. The zero-order chi connectivity index (χ0) is 19.7. The maximum Gasteiger partial charge on any atom is 0.161 e. The van der Waals surface area contributed by atoms with Gasteiger partial charge in [0.2, 0.25) is 0 Å².